The molecule has 0 radical (unpaired) electrons. The van der Waals surface area contributed by atoms with Gasteiger partial charge in [0.25, 0.3) is 5.91 Å². The van der Waals surface area contributed by atoms with Crippen LogP contribution >= 0.6 is 0 Å². The normalized spacial score (nSPS) is 35.5. The van der Waals surface area contributed by atoms with E-state index in [0.717, 1.165) is 25.7 Å². The number of hydrogen-bond donors (Lipinski definition) is 0. The average Bonchev–Trinajstić information content (AvgIpc) is 2.85. The standard InChI is InChI=1S/C11H16N2O2/c1-11(5-3-7-15-11)10(14)13-6-2-4-9(13)8-12/h9H,2-7H2,1H3. The molecule has 2 fully saturated rings. The van der Waals surface area contributed by atoms with Crippen molar-refractivity contribution in [3.8, 4) is 6.07 Å². The molecule has 2 unspecified atom stereocenters. The van der Waals surface area contributed by atoms with Crippen molar-refractivity contribution < 1.29 is 9.53 Å². The van der Waals surface area contributed by atoms with Gasteiger partial charge in [0, 0.05) is 13.2 Å². The Morgan fingerprint density at radius 2 is 2.40 bits per heavy atom. The number of carbonyl (C=O) groups excluding carboxylic acids is 1. The molecule has 0 bridgehead atoms. The third kappa shape index (κ3) is 1.72. The van der Waals surface area contributed by atoms with E-state index in [0.29, 0.717) is 13.2 Å². The van der Waals surface area contributed by atoms with Crippen LogP contribution < -0.4 is 0 Å². The van der Waals surface area contributed by atoms with E-state index >= 15 is 0 Å². The fraction of sp³-hybridized carbons (Fsp3) is 0.818. The lowest BCUT2D eigenvalue weighted by Gasteiger charge is -2.29. The van der Waals surface area contributed by atoms with Gasteiger partial charge in [-0.15, -0.1) is 0 Å². The van der Waals surface area contributed by atoms with Crippen LogP contribution in [0.3, 0.4) is 0 Å². The highest BCUT2D eigenvalue weighted by Gasteiger charge is 2.43. The molecule has 82 valence electrons. The Morgan fingerprint density at radius 3 is 3.00 bits per heavy atom. The largest absolute Gasteiger partial charge is 0.365 e. The van der Waals surface area contributed by atoms with Gasteiger partial charge >= 0.3 is 0 Å². The lowest BCUT2D eigenvalue weighted by Crippen LogP contribution is -2.48. The lowest BCUT2D eigenvalue weighted by atomic mass is 10.0. The summed E-state index contributed by atoms with van der Waals surface area (Å²) < 4.78 is 5.51. The molecule has 1 amide bonds. The smallest absolute Gasteiger partial charge is 0.255 e. The van der Waals surface area contributed by atoms with Crippen LogP contribution in [0.15, 0.2) is 0 Å². The average molecular weight is 208 g/mol. The molecule has 2 aliphatic rings. The summed E-state index contributed by atoms with van der Waals surface area (Å²) in [5.41, 5.74) is -0.667. The zero-order valence-electron chi connectivity index (χ0n) is 9.03. The lowest BCUT2D eigenvalue weighted by molar-refractivity contribution is -0.150. The van der Waals surface area contributed by atoms with E-state index in [4.69, 9.17) is 10.00 Å². The highest BCUT2D eigenvalue weighted by atomic mass is 16.5. The summed E-state index contributed by atoms with van der Waals surface area (Å²) in [6.07, 6.45) is 3.45. The zero-order chi connectivity index (χ0) is 10.9. The first-order chi connectivity index (χ1) is 7.17. The summed E-state index contributed by atoms with van der Waals surface area (Å²) in [5.74, 6) is 0.00375. The zero-order valence-corrected chi connectivity index (χ0v) is 9.03. The van der Waals surface area contributed by atoms with E-state index in [1.54, 1.807) is 4.90 Å². The maximum Gasteiger partial charge on any atom is 0.255 e. The van der Waals surface area contributed by atoms with E-state index in [9.17, 15) is 4.79 Å². The molecule has 15 heavy (non-hydrogen) atoms. The molecule has 2 atom stereocenters. The van der Waals surface area contributed by atoms with Gasteiger partial charge in [-0.1, -0.05) is 0 Å². The Hall–Kier alpha value is -1.08. The van der Waals surface area contributed by atoms with Crippen molar-refractivity contribution in [1.29, 1.82) is 5.26 Å². The van der Waals surface area contributed by atoms with Crippen LogP contribution in [0.2, 0.25) is 0 Å². The number of nitrogens with zero attached hydrogens (tertiary/aromatic N) is 2. The Labute approximate surface area is 89.8 Å². The van der Waals surface area contributed by atoms with Crippen molar-refractivity contribution in [2.24, 2.45) is 0 Å². The first kappa shape index (κ1) is 10.4. The van der Waals surface area contributed by atoms with Gasteiger partial charge in [-0.2, -0.15) is 5.26 Å². The van der Waals surface area contributed by atoms with Crippen LogP contribution in [0.25, 0.3) is 0 Å². The fourth-order valence-electron chi connectivity index (χ4n) is 2.40. The summed E-state index contributed by atoms with van der Waals surface area (Å²) in [6, 6.07) is 1.95. The van der Waals surface area contributed by atoms with Crippen molar-refractivity contribution in [1.82, 2.24) is 4.90 Å². The Morgan fingerprint density at radius 1 is 1.60 bits per heavy atom. The predicted molar refractivity (Wildman–Crippen MR) is 53.9 cm³/mol. The van der Waals surface area contributed by atoms with Crippen LogP contribution in [-0.4, -0.2) is 35.6 Å². The fourth-order valence-corrected chi connectivity index (χ4v) is 2.40. The topological polar surface area (TPSA) is 53.3 Å². The van der Waals surface area contributed by atoms with Gasteiger partial charge in [-0.05, 0) is 32.6 Å². The number of carbonyl (C=O) groups is 1. The first-order valence-electron chi connectivity index (χ1n) is 5.52. The molecule has 0 N–H and O–H groups in total. The second kappa shape index (κ2) is 3.82. The second-order valence-corrected chi connectivity index (χ2v) is 4.47. The summed E-state index contributed by atoms with van der Waals surface area (Å²) >= 11 is 0. The molecule has 0 aromatic heterocycles. The van der Waals surface area contributed by atoms with Crippen molar-refractivity contribution in [2.75, 3.05) is 13.2 Å². The maximum absolute atomic E-state index is 12.2. The number of nitriles is 1. The number of amides is 1. The number of ether oxygens (including phenoxy) is 1. The van der Waals surface area contributed by atoms with Crippen LogP contribution in [0, 0.1) is 11.3 Å². The van der Waals surface area contributed by atoms with Gasteiger partial charge in [-0.3, -0.25) is 4.79 Å². The van der Waals surface area contributed by atoms with Crippen molar-refractivity contribution in [3.63, 3.8) is 0 Å². The van der Waals surface area contributed by atoms with Crippen molar-refractivity contribution >= 4 is 5.91 Å². The van der Waals surface area contributed by atoms with E-state index < -0.39 is 5.60 Å². The van der Waals surface area contributed by atoms with Crippen LogP contribution in [-0.2, 0) is 9.53 Å². The molecular weight excluding hydrogens is 192 g/mol. The van der Waals surface area contributed by atoms with Gasteiger partial charge < -0.3 is 9.64 Å². The Balaban J connectivity index is 2.10. The summed E-state index contributed by atoms with van der Waals surface area (Å²) in [6.45, 7) is 3.21. The SMILES string of the molecule is CC1(C(=O)N2CCCC2C#N)CCCO1. The molecule has 0 aromatic carbocycles. The monoisotopic (exact) mass is 208 g/mol. The molecular formula is C11H16N2O2. The highest BCUT2D eigenvalue weighted by molar-refractivity contribution is 5.86. The summed E-state index contributed by atoms with van der Waals surface area (Å²) in [4.78, 5) is 13.9. The van der Waals surface area contributed by atoms with Crippen LogP contribution in [0.1, 0.15) is 32.6 Å². The van der Waals surface area contributed by atoms with Crippen LogP contribution in [0.4, 0.5) is 0 Å². The van der Waals surface area contributed by atoms with Gasteiger partial charge in [0.1, 0.15) is 11.6 Å². The molecule has 0 saturated carbocycles. The molecule has 2 aliphatic heterocycles. The Bertz CT molecular complexity index is 302. The van der Waals surface area contributed by atoms with Gasteiger partial charge in [0.2, 0.25) is 0 Å². The van der Waals surface area contributed by atoms with Gasteiger partial charge in [-0.25, -0.2) is 0 Å². The van der Waals surface area contributed by atoms with Crippen molar-refractivity contribution in [3.05, 3.63) is 0 Å². The maximum atomic E-state index is 12.2. The second-order valence-electron chi connectivity index (χ2n) is 4.47. The number of rotatable bonds is 1. The van der Waals surface area contributed by atoms with E-state index in [2.05, 4.69) is 6.07 Å². The molecule has 4 heteroatoms. The molecule has 0 spiro atoms. The molecule has 4 nitrogen and oxygen atoms in total. The predicted octanol–water partition coefficient (Wildman–Crippen LogP) is 1.07. The summed E-state index contributed by atoms with van der Waals surface area (Å²) in [5, 5.41) is 8.93. The minimum absolute atomic E-state index is 0.00375. The third-order valence-electron chi connectivity index (χ3n) is 3.33. The van der Waals surface area contributed by atoms with Gasteiger partial charge in [0.15, 0.2) is 0 Å². The molecule has 2 rings (SSSR count). The van der Waals surface area contributed by atoms with E-state index in [-0.39, 0.29) is 11.9 Å². The highest BCUT2D eigenvalue weighted by Crippen LogP contribution is 2.30. The minimum Gasteiger partial charge on any atom is -0.365 e. The van der Waals surface area contributed by atoms with Crippen molar-refractivity contribution in [2.45, 2.75) is 44.2 Å². The summed E-state index contributed by atoms with van der Waals surface area (Å²) in [7, 11) is 0. The molecule has 2 heterocycles. The van der Waals surface area contributed by atoms with E-state index in [1.807, 2.05) is 6.92 Å². The van der Waals surface area contributed by atoms with Gasteiger partial charge in [0.05, 0.1) is 6.07 Å². The third-order valence-corrected chi connectivity index (χ3v) is 3.33. The Kier molecular flexibility index (Phi) is 2.66. The minimum atomic E-state index is -0.667. The number of hydrogen-bond acceptors (Lipinski definition) is 3. The van der Waals surface area contributed by atoms with Crippen LogP contribution in [0.5, 0.6) is 0 Å². The molecule has 0 aliphatic carbocycles. The molecule has 2 saturated heterocycles. The van der Waals surface area contributed by atoms with E-state index in [1.165, 1.54) is 0 Å². The molecule has 0 aromatic rings. The first-order valence-corrected chi connectivity index (χ1v) is 5.52. The quantitative estimate of drug-likeness (QED) is 0.647. The number of likely N-dealkylation sites (tertiary alicyclic amines) is 1.